The first-order valence-electron chi connectivity index (χ1n) is 9.29. The van der Waals surface area contributed by atoms with Crippen LogP contribution < -0.4 is 11.2 Å². The second kappa shape index (κ2) is 8.67. The number of aromatic nitrogens is 3. The predicted octanol–water partition coefficient (Wildman–Crippen LogP) is 3.07. The summed E-state index contributed by atoms with van der Waals surface area (Å²) in [4.78, 5) is 13.5. The standard InChI is InChI=1S/C20H24ClN7O/c1-3-20(11-29)8-14(15-10-24-17(6-12(2)23)27-18(15)20)13-7-16(21)19(25-9-13)28-26-5-4-22/h4-7,9-10,14,22,29H,3,8,11,23H2,1-2H3,(H,25,28)/b12-6-,22-4?,26-5-. The molecule has 2 unspecified atom stereocenters. The van der Waals surface area contributed by atoms with Crippen LogP contribution in [0.25, 0.3) is 6.08 Å². The lowest BCUT2D eigenvalue weighted by atomic mass is 9.81. The fourth-order valence-corrected chi connectivity index (χ4v) is 3.89. The zero-order valence-corrected chi connectivity index (χ0v) is 17.1. The summed E-state index contributed by atoms with van der Waals surface area (Å²) in [5.41, 5.74) is 11.4. The second-order valence-electron chi connectivity index (χ2n) is 7.12. The number of fused-ring (bicyclic) bond motifs is 1. The Hall–Kier alpha value is -2.84. The summed E-state index contributed by atoms with van der Waals surface area (Å²) in [7, 11) is 0. The molecule has 9 heteroatoms. The fraction of sp³-hybridized carbons (Fsp3) is 0.350. The van der Waals surface area contributed by atoms with Crippen LogP contribution in [0.15, 0.2) is 29.3 Å². The van der Waals surface area contributed by atoms with Gasteiger partial charge in [0.05, 0.1) is 23.5 Å². The molecule has 0 bridgehead atoms. The van der Waals surface area contributed by atoms with Crippen LogP contribution in [-0.2, 0) is 5.41 Å². The highest BCUT2D eigenvalue weighted by Crippen LogP contribution is 2.49. The Bertz CT molecular complexity index is 965. The van der Waals surface area contributed by atoms with E-state index in [-0.39, 0.29) is 12.5 Å². The van der Waals surface area contributed by atoms with Crippen molar-refractivity contribution in [2.45, 2.75) is 38.0 Å². The molecule has 0 spiro atoms. The first kappa shape index (κ1) is 20.9. The molecule has 1 aliphatic carbocycles. The molecule has 2 heterocycles. The SMILES string of the molecule is CCC1(CO)CC(c2cnc(N/N=C\C=N)c(Cl)c2)c2cnc(/C=C(/C)N)nc21. The van der Waals surface area contributed by atoms with Crippen LogP contribution in [0.4, 0.5) is 5.82 Å². The average Bonchev–Trinajstić information content (AvgIpc) is 3.03. The first-order valence-corrected chi connectivity index (χ1v) is 9.67. The van der Waals surface area contributed by atoms with Gasteiger partial charge in [-0.3, -0.25) is 5.43 Å². The van der Waals surface area contributed by atoms with E-state index in [0.29, 0.717) is 28.8 Å². The fourth-order valence-electron chi connectivity index (χ4n) is 3.68. The number of hydrogen-bond donors (Lipinski definition) is 4. The number of nitrogens with two attached hydrogens (primary N) is 1. The highest BCUT2D eigenvalue weighted by molar-refractivity contribution is 6.33. The van der Waals surface area contributed by atoms with E-state index in [0.717, 1.165) is 29.5 Å². The molecule has 2 atom stereocenters. The van der Waals surface area contributed by atoms with Gasteiger partial charge in [-0.1, -0.05) is 18.5 Å². The zero-order chi connectivity index (χ0) is 21.0. The lowest BCUT2D eigenvalue weighted by Crippen LogP contribution is -2.28. The largest absolute Gasteiger partial charge is 0.402 e. The third-order valence-electron chi connectivity index (χ3n) is 5.23. The lowest BCUT2D eigenvalue weighted by Gasteiger charge is -2.26. The van der Waals surface area contributed by atoms with Gasteiger partial charge in [0.25, 0.3) is 0 Å². The molecule has 0 fully saturated rings. The van der Waals surface area contributed by atoms with E-state index in [2.05, 4.69) is 20.5 Å². The maximum atomic E-state index is 10.2. The Balaban J connectivity index is 2.02. The highest BCUT2D eigenvalue weighted by Gasteiger charge is 2.44. The van der Waals surface area contributed by atoms with E-state index in [1.54, 1.807) is 19.2 Å². The van der Waals surface area contributed by atoms with Gasteiger partial charge >= 0.3 is 0 Å². The topological polar surface area (TPSA) is 133 Å². The smallest absolute Gasteiger partial charge is 0.165 e. The Morgan fingerprint density at radius 3 is 2.90 bits per heavy atom. The van der Waals surface area contributed by atoms with Crippen molar-refractivity contribution in [3.05, 3.63) is 51.8 Å². The lowest BCUT2D eigenvalue weighted by molar-refractivity contribution is 0.181. The second-order valence-corrected chi connectivity index (χ2v) is 7.53. The first-order chi connectivity index (χ1) is 13.9. The van der Waals surface area contributed by atoms with E-state index < -0.39 is 5.41 Å². The molecule has 1 aliphatic rings. The van der Waals surface area contributed by atoms with Gasteiger partial charge in [0.15, 0.2) is 11.6 Å². The molecular weight excluding hydrogens is 390 g/mol. The molecule has 29 heavy (non-hydrogen) atoms. The maximum Gasteiger partial charge on any atom is 0.165 e. The van der Waals surface area contributed by atoms with Gasteiger partial charge in [-0.25, -0.2) is 15.0 Å². The third-order valence-corrected chi connectivity index (χ3v) is 5.52. The van der Waals surface area contributed by atoms with Crippen LogP contribution in [0.5, 0.6) is 0 Å². The number of nitrogens with one attached hydrogen (secondary N) is 2. The highest BCUT2D eigenvalue weighted by atomic mass is 35.5. The number of aliphatic hydroxyl groups is 1. The van der Waals surface area contributed by atoms with E-state index >= 15 is 0 Å². The summed E-state index contributed by atoms with van der Waals surface area (Å²) in [5.74, 6) is 0.916. The third kappa shape index (κ3) is 4.13. The van der Waals surface area contributed by atoms with E-state index in [1.165, 1.54) is 6.21 Å². The van der Waals surface area contributed by atoms with Crippen molar-refractivity contribution in [3.8, 4) is 0 Å². The molecule has 3 rings (SSSR count). The predicted molar refractivity (Wildman–Crippen MR) is 116 cm³/mol. The minimum atomic E-state index is -0.453. The molecule has 8 nitrogen and oxygen atoms in total. The van der Waals surface area contributed by atoms with Crippen molar-refractivity contribution in [3.63, 3.8) is 0 Å². The molecule has 0 radical (unpaired) electrons. The normalized spacial score (nSPS) is 21.4. The van der Waals surface area contributed by atoms with Crippen LogP contribution in [0.2, 0.25) is 5.02 Å². The minimum absolute atomic E-state index is 0.00604. The van der Waals surface area contributed by atoms with E-state index in [9.17, 15) is 5.11 Å². The maximum absolute atomic E-state index is 10.2. The molecule has 0 aliphatic heterocycles. The number of halogens is 1. The molecule has 0 aromatic carbocycles. The van der Waals surface area contributed by atoms with Crippen molar-refractivity contribution in [1.82, 2.24) is 15.0 Å². The van der Waals surface area contributed by atoms with Crippen molar-refractivity contribution in [1.29, 1.82) is 5.41 Å². The molecule has 2 aromatic heterocycles. The van der Waals surface area contributed by atoms with Gasteiger partial charge in [-0.2, -0.15) is 5.10 Å². The Morgan fingerprint density at radius 2 is 2.28 bits per heavy atom. The van der Waals surface area contributed by atoms with Gasteiger partial charge in [0, 0.05) is 47.3 Å². The van der Waals surface area contributed by atoms with E-state index in [1.807, 2.05) is 19.2 Å². The molecule has 0 saturated carbocycles. The van der Waals surface area contributed by atoms with Gasteiger partial charge in [-0.05, 0) is 31.4 Å². The number of aliphatic hydroxyl groups excluding tert-OH is 1. The number of rotatable bonds is 7. The summed E-state index contributed by atoms with van der Waals surface area (Å²) in [5, 5.41) is 21.4. The molecule has 5 N–H and O–H groups in total. The summed E-state index contributed by atoms with van der Waals surface area (Å²) in [6.07, 6.45) is 9.05. The molecule has 2 aromatic rings. The molecule has 0 amide bonds. The zero-order valence-electron chi connectivity index (χ0n) is 16.4. The number of allylic oxidation sites excluding steroid dienone is 1. The van der Waals surface area contributed by atoms with Crippen LogP contribution in [0, 0.1) is 5.41 Å². The summed E-state index contributed by atoms with van der Waals surface area (Å²) < 4.78 is 0. The van der Waals surface area contributed by atoms with Crippen molar-refractivity contribution in [2.24, 2.45) is 10.8 Å². The van der Waals surface area contributed by atoms with Crippen LogP contribution in [0.3, 0.4) is 0 Å². The summed E-state index contributed by atoms with van der Waals surface area (Å²) in [6, 6.07) is 1.84. The minimum Gasteiger partial charge on any atom is -0.402 e. The quantitative estimate of drug-likeness (QED) is 0.407. The van der Waals surface area contributed by atoms with Crippen molar-refractivity contribution < 1.29 is 5.11 Å². The summed E-state index contributed by atoms with van der Waals surface area (Å²) in [6.45, 7) is 3.83. The van der Waals surface area contributed by atoms with Gasteiger partial charge in [0.2, 0.25) is 0 Å². The number of pyridine rings is 1. The van der Waals surface area contributed by atoms with Crippen LogP contribution in [-0.4, -0.2) is 39.1 Å². The van der Waals surface area contributed by atoms with E-state index in [4.69, 9.17) is 27.7 Å². The number of anilines is 1. The Labute approximate surface area is 174 Å². The monoisotopic (exact) mass is 413 g/mol. The van der Waals surface area contributed by atoms with Crippen LogP contribution in [0.1, 0.15) is 55.3 Å². The van der Waals surface area contributed by atoms with Crippen LogP contribution >= 0.6 is 11.6 Å². The van der Waals surface area contributed by atoms with Gasteiger partial charge in [-0.15, -0.1) is 0 Å². The number of hydrogen-bond acceptors (Lipinski definition) is 8. The Kier molecular flexibility index (Phi) is 6.24. The number of nitrogens with zero attached hydrogens (tertiary/aromatic N) is 4. The molecule has 152 valence electrons. The Morgan fingerprint density at radius 1 is 1.48 bits per heavy atom. The van der Waals surface area contributed by atoms with Crippen molar-refractivity contribution in [2.75, 3.05) is 12.0 Å². The van der Waals surface area contributed by atoms with Crippen molar-refractivity contribution >= 4 is 35.9 Å². The summed E-state index contributed by atoms with van der Waals surface area (Å²) >= 11 is 6.38. The van der Waals surface area contributed by atoms with Gasteiger partial charge < -0.3 is 16.2 Å². The average molecular weight is 414 g/mol. The van der Waals surface area contributed by atoms with Gasteiger partial charge in [0.1, 0.15) is 0 Å². The molecule has 0 saturated heterocycles. The number of hydrazone groups is 1. The molecular formula is C20H24ClN7O.